The number of carbonyl (C=O) groups is 1. The molecule has 0 unspecified atom stereocenters. The molecule has 2 atom stereocenters. The smallest absolute Gasteiger partial charge is 0.219 e. The molecule has 0 bridgehead atoms. The first-order valence-corrected chi connectivity index (χ1v) is 9.62. The van der Waals surface area contributed by atoms with Crippen LogP contribution in [0.25, 0.3) is 0 Å². The van der Waals surface area contributed by atoms with Crippen molar-refractivity contribution in [2.24, 2.45) is 0 Å². The van der Waals surface area contributed by atoms with Gasteiger partial charge in [0.15, 0.2) is 0 Å². The molecule has 5 nitrogen and oxygen atoms in total. The maximum atomic E-state index is 12.2. The lowest BCUT2D eigenvalue weighted by atomic mass is 10.1. The maximum absolute atomic E-state index is 12.2. The van der Waals surface area contributed by atoms with Crippen molar-refractivity contribution < 1.29 is 9.35 Å². The number of anilines is 1. The molecule has 1 fully saturated rings. The predicted octanol–water partition coefficient (Wildman–Crippen LogP) is 2.47. The van der Waals surface area contributed by atoms with E-state index in [4.69, 9.17) is 0 Å². The summed E-state index contributed by atoms with van der Waals surface area (Å²) in [4.78, 5) is 15.6. The molecule has 134 valence electrons. The van der Waals surface area contributed by atoms with E-state index in [9.17, 15) is 9.35 Å². The zero-order valence-corrected chi connectivity index (χ0v) is 16.2. The van der Waals surface area contributed by atoms with Gasteiger partial charge in [-0.1, -0.05) is 12.1 Å². The van der Waals surface area contributed by atoms with Crippen molar-refractivity contribution in [2.45, 2.75) is 45.4 Å². The zero-order chi connectivity index (χ0) is 17.9. The molecule has 1 saturated heterocycles. The lowest BCUT2D eigenvalue weighted by Gasteiger charge is -2.35. The summed E-state index contributed by atoms with van der Waals surface area (Å²) < 4.78 is 15.1. The van der Waals surface area contributed by atoms with Crippen molar-refractivity contribution in [2.75, 3.05) is 31.1 Å². The summed E-state index contributed by atoms with van der Waals surface area (Å²) in [5.41, 5.74) is 2.30. The number of nitrogens with one attached hydrogen (secondary N) is 1. The summed E-state index contributed by atoms with van der Waals surface area (Å²) in [6.07, 6.45) is 0. The number of amides is 1. The molecule has 0 aliphatic carbocycles. The fraction of sp³-hybridized carbons (Fsp3) is 0.611. The van der Waals surface area contributed by atoms with Gasteiger partial charge >= 0.3 is 0 Å². The van der Waals surface area contributed by atoms with Crippen LogP contribution in [0.5, 0.6) is 0 Å². The van der Waals surface area contributed by atoms with Crippen molar-refractivity contribution in [1.29, 1.82) is 0 Å². The van der Waals surface area contributed by atoms with Crippen LogP contribution in [0, 0.1) is 0 Å². The van der Waals surface area contributed by atoms with Crippen molar-refractivity contribution in [3.63, 3.8) is 0 Å². The largest absolute Gasteiger partial charge is 0.598 e. The Morgan fingerprint density at radius 3 is 2.17 bits per heavy atom. The second kappa shape index (κ2) is 7.76. The van der Waals surface area contributed by atoms with Crippen LogP contribution in [0.3, 0.4) is 0 Å². The van der Waals surface area contributed by atoms with Gasteiger partial charge < -0.3 is 14.4 Å². The minimum absolute atomic E-state index is 0.0358. The zero-order valence-electron chi connectivity index (χ0n) is 15.3. The van der Waals surface area contributed by atoms with E-state index in [1.54, 1.807) is 6.92 Å². The van der Waals surface area contributed by atoms with Gasteiger partial charge in [0.25, 0.3) is 0 Å². The van der Waals surface area contributed by atoms with E-state index >= 15 is 0 Å². The Balaban J connectivity index is 1.95. The molecule has 2 rings (SSSR count). The third-order valence-corrected chi connectivity index (χ3v) is 6.00. The van der Waals surface area contributed by atoms with Gasteiger partial charge in [-0.25, -0.2) is 0 Å². The summed E-state index contributed by atoms with van der Waals surface area (Å²) in [6, 6.07) is 8.43. The first-order chi connectivity index (χ1) is 11.2. The summed E-state index contributed by atoms with van der Waals surface area (Å²) in [5.74, 6) is 0.150. The van der Waals surface area contributed by atoms with E-state index in [1.165, 1.54) is 5.69 Å². The Kier molecular flexibility index (Phi) is 6.17. The van der Waals surface area contributed by atoms with E-state index in [0.717, 1.165) is 31.7 Å². The Morgan fingerprint density at radius 2 is 1.71 bits per heavy atom. The van der Waals surface area contributed by atoms with Crippen LogP contribution in [0.2, 0.25) is 0 Å². The highest BCUT2D eigenvalue weighted by molar-refractivity contribution is 7.90. The molecule has 1 amide bonds. The Labute approximate surface area is 148 Å². The minimum Gasteiger partial charge on any atom is -0.598 e. The van der Waals surface area contributed by atoms with Crippen molar-refractivity contribution >= 4 is 23.0 Å². The molecule has 1 aromatic rings. The molecule has 0 spiro atoms. The molecule has 0 radical (unpaired) electrons. The van der Waals surface area contributed by atoms with Gasteiger partial charge in [0.1, 0.15) is 4.75 Å². The van der Waals surface area contributed by atoms with Gasteiger partial charge in [0.05, 0.1) is 6.04 Å². The number of carbonyl (C=O) groups excluding carboxylic acids is 1. The maximum Gasteiger partial charge on any atom is 0.219 e. The summed E-state index contributed by atoms with van der Waals surface area (Å²) in [7, 11) is 0. The number of nitrogens with zero attached hydrogens (tertiary/aromatic N) is 2. The van der Waals surface area contributed by atoms with Crippen LogP contribution in [-0.2, 0) is 16.2 Å². The Hall–Kier alpha value is -1.24. The first kappa shape index (κ1) is 19.1. The van der Waals surface area contributed by atoms with Gasteiger partial charge in [-0.15, -0.1) is 4.72 Å². The van der Waals surface area contributed by atoms with Gasteiger partial charge in [0.2, 0.25) is 5.91 Å². The molecular weight excluding hydrogens is 322 g/mol. The van der Waals surface area contributed by atoms with E-state index in [0.29, 0.717) is 0 Å². The summed E-state index contributed by atoms with van der Waals surface area (Å²) in [6.45, 7) is 12.8. The average molecular weight is 352 g/mol. The van der Waals surface area contributed by atoms with Crippen LogP contribution in [0.4, 0.5) is 5.69 Å². The second-order valence-electron chi connectivity index (χ2n) is 7.31. The van der Waals surface area contributed by atoms with Crippen LogP contribution in [0.1, 0.15) is 46.2 Å². The van der Waals surface area contributed by atoms with E-state index < -0.39 is 11.4 Å². The SMILES string of the molecule is CC(=O)N1CCN(c2ccc([C@@H](C)N[S@+]([O-])C(C)(C)C)cc2)CC1. The Morgan fingerprint density at radius 1 is 1.17 bits per heavy atom. The number of hydrogen-bond acceptors (Lipinski definition) is 4. The molecule has 1 N–H and O–H groups in total. The molecule has 1 aromatic carbocycles. The molecule has 1 aliphatic heterocycles. The standard InChI is InChI=1S/C18H29N3O2S/c1-14(19-24(23)18(3,4)5)16-6-8-17(9-7-16)21-12-10-20(11-13-21)15(2)22/h6-9,14,19H,10-13H2,1-5H3/t14-,24-/m1/s1. The molecule has 0 aromatic heterocycles. The van der Waals surface area contributed by atoms with E-state index in [2.05, 4.69) is 33.9 Å². The fourth-order valence-electron chi connectivity index (χ4n) is 2.66. The molecule has 6 heteroatoms. The molecule has 1 heterocycles. The molecule has 0 saturated carbocycles. The van der Waals surface area contributed by atoms with Gasteiger partial charge in [-0.2, -0.15) is 0 Å². The lowest BCUT2D eigenvalue weighted by molar-refractivity contribution is -0.129. The number of benzene rings is 1. The lowest BCUT2D eigenvalue weighted by Crippen LogP contribution is -2.48. The van der Waals surface area contributed by atoms with Gasteiger partial charge in [-0.3, -0.25) is 4.79 Å². The molecular formula is C18H29N3O2S. The average Bonchev–Trinajstić information content (AvgIpc) is 2.54. The first-order valence-electron chi connectivity index (χ1n) is 8.47. The predicted molar refractivity (Wildman–Crippen MR) is 100 cm³/mol. The quantitative estimate of drug-likeness (QED) is 0.847. The highest BCUT2D eigenvalue weighted by Gasteiger charge is 2.28. The highest BCUT2D eigenvalue weighted by atomic mass is 32.2. The Bertz CT molecular complexity index is 548. The van der Waals surface area contributed by atoms with E-state index in [1.807, 2.05) is 32.6 Å². The number of hydrogen-bond donors (Lipinski definition) is 1. The van der Waals surface area contributed by atoms with Crippen molar-refractivity contribution in [1.82, 2.24) is 9.62 Å². The fourth-order valence-corrected chi connectivity index (χ4v) is 3.47. The van der Waals surface area contributed by atoms with Crippen LogP contribution >= 0.6 is 0 Å². The topological polar surface area (TPSA) is 58.6 Å². The highest BCUT2D eigenvalue weighted by Crippen LogP contribution is 2.23. The number of rotatable bonds is 4. The van der Waals surface area contributed by atoms with Gasteiger partial charge in [0, 0.05) is 50.2 Å². The van der Waals surface area contributed by atoms with Crippen LogP contribution < -0.4 is 9.62 Å². The van der Waals surface area contributed by atoms with Crippen molar-refractivity contribution in [3.05, 3.63) is 29.8 Å². The second-order valence-corrected chi connectivity index (χ2v) is 9.30. The summed E-state index contributed by atoms with van der Waals surface area (Å²) >= 11 is -1.08. The normalized spacial score (nSPS) is 18.4. The third kappa shape index (κ3) is 4.88. The minimum atomic E-state index is -1.08. The van der Waals surface area contributed by atoms with Crippen LogP contribution in [0.15, 0.2) is 24.3 Å². The molecule has 24 heavy (non-hydrogen) atoms. The molecule has 1 aliphatic rings. The van der Waals surface area contributed by atoms with E-state index in [-0.39, 0.29) is 16.7 Å². The number of piperazine rings is 1. The van der Waals surface area contributed by atoms with Crippen molar-refractivity contribution in [3.8, 4) is 0 Å². The van der Waals surface area contributed by atoms with Crippen LogP contribution in [-0.4, -0.2) is 46.3 Å². The summed E-state index contributed by atoms with van der Waals surface area (Å²) in [5, 5.41) is 0. The third-order valence-electron chi connectivity index (χ3n) is 4.32. The van der Waals surface area contributed by atoms with Gasteiger partial charge in [-0.05, 0) is 45.4 Å². The monoisotopic (exact) mass is 351 g/mol.